The van der Waals surface area contributed by atoms with Crippen molar-refractivity contribution in [3.63, 3.8) is 0 Å². The number of rotatable bonds is 24. The number of benzene rings is 1. The SMILES string of the molecule is CCCCCCCCCCCCCCCC(=O)O[C@H](COCCCC)COS(=O)(=O)c1ccc(C)cc1. The Morgan fingerprint density at radius 2 is 1.24 bits per heavy atom. The zero-order chi connectivity index (χ0) is 27.2. The topological polar surface area (TPSA) is 78.9 Å². The number of carbonyl (C=O) groups excluding carboxylic acids is 1. The van der Waals surface area contributed by atoms with E-state index < -0.39 is 16.2 Å². The number of hydrogen-bond donors (Lipinski definition) is 0. The van der Waals surface area contributed by atoms with E-state index in [0.29, 0.717) is 13.0 Å². The molecule has 37 heavy (non-hydrogen) atoms. The first-order valence-corrected chi connectivity index (χ1v) is 16.0. The monoisotopic (exact) mass is 540 g/mol. The number of aryl methyl sites for hydroxylation is 1. The van der Waals surface area contributed by atoms with Crippen LogP contribution in [0.5, 0.6) is 0 Å². The molecule has 0 bridgehead atoms. The lowest BCUT2D eigenvalue weighted by Gasteiger charge is -2.18. The summed E-state index contributed by atoms with van der Waals surface area (Å²) in [6, 6.07) is 6.46. The van der Waals surface area contributed by atoms with Gasteiger partial charge in [-0.05, 0) is 31.9 Å². The molecule has 6 nitrogen and oxygen atoms in total. The lowest BCUT2D eigenvalue weighted by Crippen LogP contribution is -2.30. The maximum absolute atomic E-state index is 12.5. The normalized spacial score (nSPS) is 12.5. The van der Waals surface area contributed by atoms with E-state index in [9.17, 15) is 13.2 Å². The van der Waals surface area contributed by atoms with Gasteiger partial charge in [0.25, 0.3) is 10.1 Å². The highest BCUT2D eigenvalue weighted by molar-refractivity contribution is 7.86. The van der Waals surface area contributed by atoms with E-state index >= 15 is 0 Å². The van der Waals surface area contributed by atoms with Crippen molar-refractivity contribution in [3.05, 3.63) is 29.8 Å². The van der Waals surface area contributed by atoms with Crippen molar-refractivity contribution in [3.8, 4) is 0 Å². The van der Waals surface area contributed by atoms with Crippen LogP contribution >= 0.6 is 0 Å². The van der Waals surface area contributed by atoms with Crippen molar-refractivity contribution in [2.24, 2.45) is 0 Å². The van der Waals surface area contributed by atoms with Crippen LogP contribution in [0.25, 0.3) is 0 Å². The van der Waals surface area contributed by atoms with Crippen LogP contribution in [0.4, 0.5) is 0 Å². The molecule has 0 aliphatic carbocycles. The van der Waals surface area contributed by atoms with E-state index in [2.05, 4.69) is 13.8 Å². The van der Waals surface area contributed by atoms with Gasteiger partial charge in [-0.2, -0.15) is 8.42 Å². The van der Waals surface area contributed by atoms with E-state index in [-0.39, 0.29) is 24.1 Å². The third kappa shape index (κ3) is 17.7. The molecule has 0 fully saturated rings. The van der Waals surface area contributed by atoms with Crippen molar-refractivity contribution >= 4 is 16.1 Å². The second kappa shape index (κ2) is 21.5. The minimum atomic E-state index is -3.93. The maximum atomic E-state index is 12.5. The van der Waals surface area contributed by atoms with Crippen LogP contribution in [0.1, 0.15) is 122 Å². The molecule has 0 aliphatic rings. The van der Waals surface area contributed by atoms with Crippen LogP contribution < -0.4 is 0 Å². The summed E-state index contributed by atoms with van der Waals surface area (Å²) in [6.07, 6.45) is 17.6. The average molecular weight is 541 g/mol. The van der Waals surface area contributed by atoms with Crippen LogP contribution in [-0.2, 0) is 28.6 Å². The minimum Gasteiger partial charge on any atom is -0.457 e. The third-order valence-corrected chi connectivity index (χ3v) is 7.74. The molecule has 0 spiro atoms. The smallest absolute Gasteiger partial charge is 0.306 e. The van der Waals surface area contributed by atoms with Gasteiger partial charge in [0.05, 0.1) is 11.5 Å². The standard InChI is InChI=1S/C30H52O6S/c1-4-6-8-9-10-11-12-13-14-15-16-17-18-19-30(31)36-28(25-34-24-7-5-2)26-35-37(32,33)29-22-20-27(3)21-23-29/h20-23,28H,4-19,24-26H2,1-3H3/t28-/m1/s1. The summed E-state index contributed by atoms with van der Waals surface area (Å²) in [5, 5.41) is 0. The molecule has 214 valence electrons. The van der Waals surface area contributed by atoms with Gasteiger partial charge >= 0.3 is 5.97 Å². The van der Waals surface area contributed by atoms with Crippen molar-refractivity contribution < 1.29 is 26.9 Å². The Bertz CT molecular complexity index is 791. The van der Waals surface area contributed by atoms with Gasteiger partial charge in [0.2, 0.25) is 0 Å². The molecule has 0 aliphatic heterocycles. The Labute approximate surface area is 227 Å². The first kappa shape index (κ1) is 33.6. The molecule has 0 heterocycles. The van der Waals surface area contributed by atoms with E-state index in [0.717, 1.165) is 37.7 Å². The Balaban J connectivity index is 2.27. The fourth-order valence-electron chi connectivity index (χ4n) is 4.05. The lowest BCUT2D eigenvalue weighted by atomic mass is 10.0. The summed E-state index contributed by atoms with van der Waals surface area (Å²) >= 11 is 0. The number of unbranched alkanes of at least 4 members (excludes halogenated alkanes) is 13. The first-order chi connectivity index (χ1) is 17.9. The summed E-state index contributed by atoms with van der Waals surface area (Å²) in [5.41, 5.74) is 0.961. The molecule has 1 rings (SSSR count). The second-order valence-corrected chi connectivity index (χ2v) is 11.7. The van der Waals surface area contributed by atoms with Gasteiger partial charge in [0.1, 0.15) is 12.7 Å². The Morgan fingerprint density at radius 3 is 1.78 bits per heavy atom. The summed E-state index contributed by atoms with van der Waals surface area (Å²) in [4.78, 5) is 12.5. The summed E-state index contributed by atoms with van der Waals surface area (Å²) in [6.45, 7) is 6.60. The van der Waals surface area contributed by atoms with E-state index in [1.54, 1.807) is 12.1 Å². The average Bonchev–Trinajstić information content (AvgIpc) is 2.88. The zero-order valence-corrected chi connectivity index (χ0v) is 24.5. The molecule has 0 unspecified atom stereocenters. The zero-order valence-electron chi connectivity index (χ0n) is 23.7. The molecule has 0 aromatic heterocycles. The number of esters is 1. The molecule has 1 aromatic carbocycles. The Hall–Kier alpha value is -1.44. The molecule has 1 aromatic rings. The van der Waals surface area contributed by atoms with Gasteiger partial charge < -0.3 is 9.47 Å². The number of ether oxygens (including phenoxy) is 2. The van der Waals surface area contributed by atoms with Gasteiger partial charge in [0, 0.05) is 13.0 Å². The molecular formula is C30H52O6S. The van der Waals surface area contributed by atoms with Crippen LogP contribution in [0, 0.1) is 6.92 Å². The van der Waals surface area contributed by atoms with Gasteiger partial charge in [-0.25, -0.2) is 0 Å². The van der Waals surface area contributed by atoms with Gasteiger partial charge in [0.15, 0.2) is 0 Å². The summed E-state index contributed by atoms with van der Waals surface area (Å²) in [7, 11) is -3.93. The number of hydrogen-bond acceptors (Lipinski definition) is 6. The highest BCUT2D eigenvalue weighted by Gasteiger charge is 2.21. The van der Waals surface area contributed by atoms with Gasteiger partial charge in [-0.1, -0.05) is 115 Å². The van der Waals surface area contributed by atoms with Crippen LogP contribution in [-0.4, -0.2) is 40.3 Å². The third-order valence-electron chi connectivity index (χ3n) is 6.45. The van der Waals surface area contributed by atoms with Crippen LogP contribution in [0.2, 0.25) is 0 Å². The predicted octanol–water partition coefficient (Wildman–Crippen LogP) is 7.91. The van der Waals surface area contributed by atoms with Crippen molar-refractivity contribution in [2.75, 3.05) is 19.8 Å². The quantitative estimate of drug-likeness (QED) is 0.0753. The van der Waals surface area contributed by atoms with Crippen molar-refractivity contribution in [1.82, 2.24) is 0 Å². The highest BCUT2D eigenvalue weighted by Crippen LogP contribution is 2.16. The second-order valence-electron chi connectivity index (χ2n) is 10.1. The Morgan fingerprint density at radius 1 is 0.730 bits per heavy atom. The molecule has 0 amide bonds. The van der Waals surface area contributed by atoms with Gasteiger partial charge in [-0.3, -0.25) is 8.98 Å². The highest BCUT2D eigenvalue weighted by atomic mass is 32.2. The molecule has 7 heteroatoms. The molecule has 0 radical (unpaired) electrons. The Kier molecular flexibility index (Phi) is 19.5. The minimum absolute atomic E-state index is 0.0852. The summed E-state index contributed by atoms with van der Waals surface area (Å²) < 4.78 is 41.4. The lowest BCUT2D eigenvalue weighted by molar-refractivity contribution is -0.154. The largest absolute Gasteiger partial charge is 0.457 e. The predicted molar refractivity (Wildman–Crippen MR) is 150 cm³/mol. The molecular weight excluding hydrogens is 488 g/mol. The van der Waals surface area contributed by atoms with Crippen LogP contribution in [0.3, 0.4) is 0 Å². The summed E-state index contributed by atoms with van der Waals surface area (Å²) in [5.74, 6) is -0.330. The molecule has 0 saturated carbocycles. The van der Waals surface area contributed by atoms with Crippen molar-refractivity contribution in [2.45, 2.75) is 135 Å². The van der Waals surface area contributed by atoms with E-state index in [1.807, 2.05) is 6.92 Å². The van der Waals surface area contributed by atoms with E-state index in [4.69, 9.17) is 13.7 Å². The molecule has 0 saturated heterocycles. The maximum Gasteiger partial charge on any atom is 0.306 e. The molecule has 0 N–H and O–H groups in total. The van der Waals surface area contributed by atoms with Crippen molar-refractivity contribution in [1.29, 1.82) is 0 Å². The fourth-order valence-corrected chi connectivity index (χ4v) is 4.98. The van der Waals surface area contributed by atoms with Crippen LogP contribution in [0.15, 0.2) is 29.2 Å². The first-order valence-electron chi connectivity index (χ1n) is 14.6. The van der Waals surface area contributed by atoms with Gasteiger partial charge in [-0.15, -0.1) is 0 Å². The molecule has 1 atom stereocenters. The van der Waals surface area contributed by atoms with E-state index in [1.165, 1.54) is 76.3 Å². The number of carbonyl (C=O) groups is 1. The fraction of sp³-hybridized carbons (Fsp3) is 0.767.